The molecule has 1 aliphatic heterocycles. The molecular weight excluding hydrogens is 330 g/mol. The van der Waals surface area contributed by atoms with E-state index in [1.165, 1.54) is 0 Å². The quantitative estimate of drug-likeness (QED) is 0.805. The zero-order chi connectivity index (χ0) is 16.1. The lowest BCUT2D eigenvalue weighted by Gasteiger charge is -2.31. The monoisotopic (exact) mass is 353 g/mol. The molecule has 24 heavy (non-hydrogen) atoms. The molecule has 0 aliphatic carbocycles. The lowest BCUT2D eigenvalue weighted by atomic mass is 10.1. The van der Waals surface area contributed by atoms with E-state index >= 15 is 0 Å². The fourth-order valence-electron chi connectivity index (χ4n) is 2.93. The average Bonchev–Trinajstić information content (AvgIpc) is 2.99. The summed E-state index contributed by atoms with van der Waals surface area (Å²) in [6.45, 7) is 2.84. The van der Waals surface area contributed by atoms with Gasteiger partial charge in [0.05, 0.1) is 12.5 Å². The maximum absolute atomic E-state index is 12.5. The van der Waals surface area contributed by atoms with Gasteiger partial charge in [-0.3, -0.25) is 4.79 Å². The van der Waals surface area contributed by atoms with Gasteiger partial charge in [0.1, 0.15) is 5.69 Å². The molecular formula is C17H24ClN3O3. The van der Waals surface area contributed by atoms with E-state index in [9.17, 15) is 4.79 Å². The Labute approximate surface area is 147 Å². The molecule has 1 amide bonds. The number of nitrogens with two attached hydrogens (primary N) is 1. The van der Waals surface area contributed by atoms with E-state index in [0.29, 0.717) is 18.8 Å². The predicted molar refractivity (Wildman–Crippen MR) is 94.2 cm³/mol. The highest BCUT2D eigenvalue weighted by Crippen LogP contribution is 2.20. The third kappa shape index (κ3) is 4.47. The van der Waals surface area contributed by atoms with Crippen molar-refractivity contribution in [2.45, 2.75) is 31.8 Å². The predicted octanol–water partition coefficient (Wildman–Crippen LogP) is 2.15. The van der Waals surface area contributed by atoms with E-state index < -0.39 is 0 Å². The zero-order valence-corrected chi connectivity index (χ0v) is 14.5. The van der Waals surface area contributed by atoms with Gasteiger partial charge in [0.25, 0.3) is 0 Å². The number of piperidine rings is 1. The lowest BCUT2D eigenvalue weighted by molar-refractivity contribution is -0.133. The summed E-state index contributed by atoms with van der Waals surface area (Å²) in [5.74, 6) is 0.101. The number of ether oxygens (including phenoxy) is 1. The number of halogens is 1. The number of benzene rings is 1. The minimum Gasteiger partial charge on any atom is -0.378 e. The van der Waals surface area contributed by atoms with Crippen molar-refractivity contribution in [3.63, 3.8) is 0 Å². The normalized spacial score (nSPS) is 15.5. The summed E-state index contributed by atoms with van der Waals surface area (Å²) in [5.41, 5.74) is 6.90. The van der Waals surface area contributed by atoms with Crippen LogP contribution in [-0.2, 0) is 16.0 Å². The fraction of sp³-hybridized carbons (Fsp3) is 0.529. The minimum absolute atomic E-state index is 0. The molecule has 1 saturated heterocycles. The molecule has 6 nitrogen and oxygen atoms in total. The molecule has 3 rings (SSSR count). The molecule has 0 spiro atoms. The van der Waals surface area contributed by atoms with Crippen LogP contribution in [-0.4, -0.2) is 48.3 Å². The number of fused-ring (bicyclic) bond motifs is 1. The number of rotatable bonds is 6. The number of para-hydroxylation sites is 1. The lowest BCUT2D eigenvalue weighted by Crippen LogP contribution is -2.41. The Kier molecular flexibility index (Phi) is 7.02. The standard InChI is InChI=1S/C17H23N3O3.ClH/c18-8-3-11-22-13-6-9-20(10-7-13)17(21)12-15-14-4-1-2-5-16(14)23-19-15;/h1-2,4-5,13H,3,6-12,18H2;1H. The molecule has 1 aliphatic rings. The Morgan fingerprint density at radius 2 is 2.08 bits per heavy atom. The van der Waals surface area contributed by atoms with E-state index in [4.69, 9.17) is 15.0 Å². The first-order valence-electron chi connectivity index (χ1n) is 8.20. The van der Waals surface area contributed by atoms with Crippen molar-refractivity contribution in [1.82, 2.24) is 10.1 Å². The van der Waals surface area contributed by atoms with Crippen molar-refractivity contribution in [2.24, 2.45) is 5.73 Å². The number of aromatic nitrogens is 1. The molecule has 0 saturated carbocycles. The van der Waals surface area contributed by atoms with Crippen LogP contribution in [0, 0.1) is 0 Å². The van der Waals surface area contributed by atoms with E-state index in [1.807, 2.05) is 29.2 Å². The third-order valence-corrected chi connectivity index (χ3v) is 4.27. The molecule has 0 atom stereocenters. The largest absolute Gasteiger partial charge is 0.378 e. The fourth-order valence-corrected chi connectivity index (χ4v) is 2.93. The van der Waals surface area contributed by atoms with Crippen molar-refractivity contribution < 1.29 is 14.1 Å². The van der Waals surface area contributed by atoms with E-state index in [2.05, 4.69) is 5.16 Å². The van der Waals surface area contributed by atoms with Gasteiger partial charge in [-0.2, -0.15) is 0 Å². The van der Waals surface area contributed by atoms with Crippen molar-refractivity contribution in [3.8, 4) is 0 Å². The molecule has 2 aromatic rings. The highest BCUT2D eigenvalue weighted by molar-refractivity contribution is 5.86. The van der Waals surface area contributed by atoms with Crippen LogP contribution >= 0.6 is 12.4 Å². The van der Waals surface area contributed by atoms with Gasteiger partial charge in [0.15, 0.2) is 5.58 Å². The van der Waals surface area contributed by atoms with Gasteiger partial charge in [0.2, 0.25) is 5.91 Å². The summed E-state index contributed by atoms with van der Waals surface area (Å²) in [6.07, 6.45) is 3.19. The third-order valence-electron chi connectivity index (χ3n) is 4.27. The number of carbonyl (C=O) groups is 1. The molecule has 0 bridgehead atoms. The molecule has 2 heterocycles. The van der Waals surface area contributed by atoms with Crippen LogP contribution < -0.4 is 5.73 Å². The maximum atomic E-state index is 12.5. The maximum Gasteiger partial charge on any atom is 0.228 e. The number of amides is 1. The number of carbonyl (C=O) groups excluding carboxylic acids is 1. The Morgan fingerprint density at radius 3 is 2.83 bits per heavy atom. The van der Waals surface area contributed by atoms with Gasteiger partial charge in [-0.15, -0.1) is 12.4 Å². The summed E-state index contributed by atoms with van der Waals surface area (Å²) in [6, 6.07) is 7.62. The van der Waals surface area contributed by atoms with E-state index in [-0.39, 0.29) is 30.8 Å². The van der Waals surface area contributed by atoms with Crippen LogP contribution in [0.3, 0.4) is 0 Å². The molecule has 7 heteroatoms. The molecule has 0 unspecified atom stereocenters. The number of nitrogens with zero attached hydrogens (tertiary/aromatic N) is 2. The molecule has 1 aromatic carbocycles. The van der Waals surface area contributed by atoms with E-state index in [1.54, 1.807) is 0 Å². The van der Waals surface area contributed by atoms with Crippen LogP contribution in [0.25, 0.3) is 11.0 Å². The van der Waals surface area contributed by atoms with Gasteiger partial charge >= 0.3 is 0 Å². The second-order valence-corrected chi connectivity index (χ2v) is 5.90. The summed E-state index contributed by atoms with van der Waals surface area (Å²) in [5, 5.41) is 4.95. The van der Waals surface area contributed by atoms with Gasteiger partial charge < -0.3 is 19.9 Å². The average molecular weight is 354 g/mol. The molecule has 1 aromatic heterocycles. The molecule has 1 fully saturated rings. The van der Waals surface area contributed by atoms with Crippen LogP contribution in [0.1, 0.15) is 25.0 Å². The Balaban J connectivity index is 0.00000208. The molecule has 132 valence electrons. The molecule has 0 radical (unpaired) electrons. The highest BCUT2D eigenvalue weighted by atomic mass is 35.5. The number of likely N-dealkylation sites (tertiary alicyclic amines) is 1. The Morgan fingerprint density at radius 1 is 1.33 bits per heavy atom. The van der Waals surface area contributed by atoms with Crippen molar-refractivity contribution in [2.75, 3.05) is 26.2 Å². The summed E-state index contributed by atoms with van der Waals surface area (Å²) >= 11 is 0. The van der Waals surface area contributed by atoms with Gasteiger partial charge in [0, 0.05) is 25.1 Å². The topological polar surface area (TPSA) is 81.6 Å². The minimum atomic E-state index is 0. The smallest absolute Gasteiger partial charge is 0.228 e. The summed E-state index contributed by atoms with van der Waals surface area (Å²) in [7, 11) is 0. The van der Waals surface area contributed by atoms with Crippen molar-refractivity contribution in [1.29, 1.82) is 0 Å². The first-order chi connectivity index (χ1) is 11.3. The first-order valence-corrected chi connectivity index (χ1v) is 8.20. The highest BCUT2D eigenvalue weighted by Gasteiger charge is 2.24. The summed E-state index contributed by atoms with van der Waals surface area (Å²) in [4.78, 5) is 14.4. The van der Waals surface area contributed by atoms with Crippen LogP contribution in [0.15, 0.2) is 28.8 Å². The van der Waals surface area contributed by atoms with Crippen LogP contribution in [0.2, 0.25) is 0 Å². The SMILES string of the molecule is Cl.NCCCOC1CCN(C(=O)Cc2noc3ccccc23)CC1. The number of hydrogen-bond donors (Lipinski definition) is 1. The van der Waals surface area contributed by atoms with Gasteiger partial charge in [-0.25, -0.2) is 0 Å². The second kappa shape index (κ2) is 9.01. The number of hydrogen-bond acceptors (Lipinski definition) is 5. The van der Waals surface area contributed by atoms with Gasteiger partial charge in [-0.05, 0) is 37.9 Å². The van der Waals surface area contributed by atoms with Crippen LogP contribution in [0.5, 0.6) is 0 Å². The Bertz CT molecular complexity index is 653. The van der Waals surface area contributed by atoms with Crippen molar-refractivity contribution >= 4 is 29.3 Å². The Hall–Kier alpha value is -1.63. The second-order valence-electron chi connectivity index (χ2n) is 5.90. The van der Waals surface area contributed by atoms with Gasteiger partial charge in [-0.1, -0.05) is 17.3 Å². The van der Waals surface area contributed by atoms with Crippen molar-refractivity contribution in [3.05, 3.63) is 30.0 Å². The zero-order valence-electron chi connectivity index (χ0n) is 13.6. The van der Waals surface area contributed by atoms with E-state index in [0.717, 1.165) is 43.3 Å². The summed E-state index contributed by atoms with van der Waals surface area (Å²) < 4.78 is 11.0. The molecule has 2 N–H and O–H groups in total. The first kappa shape index (κ1) is 18.7. The van der Waals surface area contributed by atoms with Crippen LogP contribution in [0.4, 0.5) is 0 Å².